The summed E-state index contributed by atoms with van der Waals surface area (Å²) in [5.74, 6) is 1.94. The van der Waals surface area contributed by atoms with Gasteiger partial charge < -0.3 is 13.6 Å². The molecule has 6 nitrogen and oxygen atoms in total. The zero-order chi connectivity index (χ0) is 41.4. The summed E-state index contributed by atoms with van der Waals surface area (Å²) < 4.78 is 11.3. The van der Waals surface area contributed by atoms with Crippen LogP contribution in [-0.2, 0) is 0 Å². The summed E-state index contributed by atoms with van der Waals surface area (Å²) in [6.45, 7) is 0. The van der Waals surface area contributed by atoms with E-state index in [2.05, 4.69) is 155 Å². The van der Waals surface area contributed by atoms with Crippen LogP contribution < -0.4 is 0 Å². The number of furan rings is 1. The molecule has 0 spiro atoms. The van der Waals surface area contributed by atoms with Crippen LogP contribution in [0.25, 0.3) is 122 Å². The topological polar surface area (TPSA) is 61.7 Å². The molecule has 0 radical (unpaired) electrons. The van der Waals surface area contributed by atoms with Gasteiger partial charge in [-0.1, -0.05) is 152 Å². The molecule has 9 aromatic carbocycles. The van der Waals surface area contributed by atoms with Crippen LogP contribution >= 0.6 is 0 Å². The molecule has 0 amide bonds. The van der Waals surface area contributed by atoms with E-state index in [4.69, 9.17) is 19.4 Å². The number of hydrogen-bond acceptors (Lipinski definition) is 4. The smallest absolute Gasteiger partial charge is 0.164 e. The minimum atomic E-state index is 0.640. The maximum Gasteiger partial charge on any atom is 0.164 e. The minimum Gasteiger partial charge on any atom is -0.455 e. The van der Waals surface area contributed by atoms with Gasteiger partial charge >= 0.3 is 0 Å². The van der Waals surface area contributed by atoms with E-state index in [0.717, 1.165) is 88.6 Å². The lowest BCUT2D eigenvalue weighted by atomic mass is 10.0. The normalized spacial score (nSPS) is 11.8. The van der Waals surface area contributed by atoms with Crippen LogP contribution in [0.3, 0.4) is 0 Å². The maximum absolute atomic E-state index is 6.58. The van der Waals surface area contributed by atoms with Gasteiger partial charge in [0.2, 0.25) is 0 Å². The molecular formula is C57H35N5O. The third-order valence-electron chi connectivity index (χ3n) is 12.4. The molecule has 0 aliphatic carbocycles. The van der Waals surface area contributed by atoms with Gasteiger partial charge in [-0.15, -0.1) is 0 Å². The van der Waals surface area contributed by atoms with E-state index in [9.17, 15) is 0 Å². The number of para-hydroxylation sites is 3. The molecule has 63 heavy (non-hydrogen) atoms. The lowest BCUT2D eigenvalue weighted by Crippen LogP contribution is -2.00. The first-order valence-electron chi connectivity index (χ1n) is 21.2. The van der Waals surface area contributed by atoms with Crippen LogP contribution in [-0.4, -0.2) is 24.1 Å². The van der Waals surface area contributed by atoms with Crippen molar-refractivity contribution in [2.45, 2.75) is 0 Å². The van der Waals surface area contributed by atoms with Gasteiger partial charge in [0.05, 0.1) is 27.5 Å². The average Bonchev–Trinajstić information content (AvgIpc) is 4.02. The standard InChI is InChI=1S/C57H35N5O/c1-3-13-38(14-4-1)55-58-56(39-15-5-2-6-16-39)60-57(59-55)40-25-23-36(24-26-40)37-27-29-41(30-28-37)61-48-20-10-7-17-43(48)47-35-42(31-33-50(47)61)62-49-21-11-8-19-46(49)53-51(62)34-32-45-44-18-9-12-22-52(44)63-54(45)53/h1-35H. The Morgan fingerprint density at radius 2 is 0.762 bits per heavy atom. The number of nitrogens with zero attached hydrogens (tertiary/aromatic N) is 5. The summed E-state index contributed by atoms with van der Waals surface area (Å²) in [4.78, 5) is 14.7. The largest absolute Gasteiger partial charge is 0.455 e. The highest BCUT2D eigenvalue weighted by atomic mass is 16.3. The van der Waals surface area contributed by atoms with Crippen LogP contribution in [0.2, 0.25) is 0 Å². The van der Waals surface area contributed by atoms with Crippen molar-refractivity contribution in [3.63, 3.8) is 0 Å². The molecule has 0 aliphatic rings. The summed E-state index contributed by atoms with van der Waals surface area (Å²) >= 11 is 0. The zero-order valence-electron chi connectivity index (χ0n) is 33.9. The number of benzene rings is 9. The number of hydrogen-bond donors (Lipinski definition) is 0. The molecule has 0 saturated carbocycles. The average molecular weight is 806 g/mol. The Morgan fingerprint density at radius 1 is 0.302 bits per heavy atom. The fraction of sp³-hybridized carbons (Fsp3) is 0. The summed E-state index contributed by atoms with van der Waals surface area (Å²) in [6.07, 6.45) is 0. The van der Waals surface area contributed by atoms with Gasteiger partial charge in [-0.05, 0) is 71.8 Å². The molecular weight excluding hydrogens is 771 g/mol. The Labute approximate surface area is 361 Å². The maximum atomic E-state index is 6.58. The van der Waals surface area contributed by atoms with E-state index in [1.165, 1.54) is 16.2 Å². The molecule has 0 aliphatic heterocycles. The monoisotopic (exact) mass is 805 g/mol. The molecule has 0 fully saturated rings. The van der Waals surface area contributed by atoms with Gasteiger partial charge in [0, 0.05) is 55.0 Å². The Morgan fingerprint density at radius 3 is 1.43 bits per heavy atom. The molecule has 13 rings (SSSR count). The predicted octanol–water partition coefficient (Wildman–Crippen LogP) is 14.6. The predicted molar refractivity (Wildman–Crippen MR) is 258 cm³/mol. The second-order valence-corrected chi connectivity index (χ2v) is 16.0. The van der Waals surface area contributed by atoms with Crippen molar-refractivity contribution in [1.82, 2.24) is 24.1 Å². The summed E-state index contributed by atoms with van der Waals surface area (Å²) in [5, 5.41) is 6.99. The first-order valence-corrected chi connectivity index (χ1v) is 21.2. The molecule has 0 bridgehead atoms. The molecule has 0 N–H and O–H groups in total. The summed E-state index contributed by atoms with van der Waals surface area (Å²) in [6, 6.07) is 74.5. The second kappa shape index (κ2) is 14.0. The van der Waals surface area contributed by atoms with Crippen molar-refractivity contribution in [2.75, 3.05) is 0 Å². The van der Waals surface area contributed by atoms with Gasteiger partial charge in [-0.2, -0.15) is 0 Å². The van der Waals surface area contributed by atoms with E-state index in [0.29, 0.717) is 17.5 Å². The van der Waals surface area contributed by atoms with Crippen molar-refractivity contribution >= 4 is 65.6 Å². The van der Waals surface area contributed by atoms with E-state index in [1.54, 1.807) is 0 Å². The molecule has 294 valence electrons. The lowest BCUT2D eigenvalue weighted by molar-refractivity contribution is 0.673. The van der Waals surface area contributed by atoms with Crippen LogP contribution in [0, 0.1) is 0 Å². The van der Waals surface area contributed by atoms with E-state index >= 15 is 0 Å². The van der Waals surface area contributed by atoms with Gasteiger partial charge in [-0.25, -0.2) is 15.0 Å². The van der Waals surface area contributed by atoms with E-state index < -0.39 is 0 Å². The third kappa shape index (κ3) is 5.62. The molecule has 0 unspecified atom stereocenters. The highest BCUT2D eigenvalue weighted by Gasteiger charge is 2.20. The lowest BCUT2D eigenvalue weighted by Gasteiger charge is -2.11. The molecule has 4 aromatic heterocycles. The van der Waals surface area contributed by atoms with Crippen molar-refractivity contribution in [3.05, 3.63) is 212 Å². The Kier molecular flexibility index (Phi) is 7.80. The van der Waals surface area contributed by atoms with Crippen LogP contribution in [0.5, 0.6) is 0 Å². The first-order chi connectivity index (χ1) is 31.2. The van der Waals surface area contributed by atoms with Gasteiger partial charge in [0.1, 0.15) is 11.2 Å². The van der Waals surface area contributed by atoms with Gasteiger partial charge in [0.25, 0.3) is 0 Å². The highest BCUT2D eigenvalue weighted by molar-refractivity contribution is 6.24. The van der Waals surface area contributed by atoms with Crippen LogP contribution in [0.4, 0.5) is 0 Å². The van der Waals surface area contributed by atoms with Gasteiger partial charge in [0.15, 0.2) is 17.5 Å². The van der Waals surface area contributed by atoms with E-state index in [-0.39, 0.29) is 0 Å². The number of aromatic nitrogens is 5. The van der Waals surface area contributed by atoms with Crippen molar-refractivity contribution in [3.8, 4) is 56.7 Å². The van der Waals surface area contributed by atoms with Crippen molar-refractivity contribution in [1.29, 1.82) is 0 Å². The van der Waals surface area contributed by atoms with Crippen molar-refractivity contribution < 1.29 is 4.42 Å². The molecule has 6 heteroatoms. The Hall–Kier alpha value is -8.61. The summed E-state index contributed by atoms with van der Waals surface area (Å²) in [7, 11) is 0. The fourth-order valence-electron chi connectivity index (χ4n) is 9.44. The Balaban J connectivity index is 0.874. The highest BCUT2D eigenvalue weighted by Crippen LogP contribution is 2.42. The van der Waals surface area contributed by atoms with Crippen LogP contribution in [0.1, 0.15) is 0 Å². The quantitative estimate of drug-likeness (QED) is 0.168. The fourth-order valence-corrected chi connectivity index (χ4v) is 9.44. The minimum absolute atomic E-state index is 0.640. The molecule has 0 atom stereocenters. The number of fused-ring (bicyclic) bond motifs is 10. The Bertz CT molecular complexity index is 3820. The van der Waals surface area contributed by atoms with E-state index in [1.807, 2.05) is 66.7 Å². The van der Waals surface area contributed by atoms with Gasteiger partial charge in [-0.3, -0.25) is 0 Å². The molecule has 13 aromatic rings. The zero-order valence-corrected chi connectivity index (χ0v) is 33.9. The summed E-state index contributed by atoms with van der Waals surface area (Å²) in [5.41, 5.74) is 13.7. The second-order valence-electron chi connectivity index (χ2n) is 16.0. The first kappa shape index (κ1) is 35.2. The molecule has 0 saturated heterocycles. The number of rotatable bonds is 6. The van der Waals surface area contributed by atoms with Crippen molar-refractivity contribution in [2.24, 2.45) is 0 Å². The SMILES string of the molecule is c1ccc(-c2nc(-c3ccccc3)nc(-c3ccc(-c4ccc(-n5c6ccccc6c6cc(-n7c8ccccc8c8c9oc%10ccccc%10c9ccc87)ccc65)cc4)cc3)n2)cc1. The third-order valence-corrected chi connectivity index (χ3v) is 12.4. The molecule has 4 heterocycles. The van der Waals surface area contributed by atoms with Crippen LogP contribution in [0.15, 0.2) is 217 Å².